The Labute approximate surface area is 114 Å². The highest BCUT2D eigenvalue weighted by Crippen LogP contribution is 2.25. The highest BCUT2D eigenvalue weighted by molar-refractivity contribution is 6.33. The van der Waals surface area contributed by atoms with Crippen LogP contribution in [0.2, 0.25) is 5.02 Å². The van der Waals surface area contributed by atoms with Crippen LogP contribution < -0.4 is 5.32 Å². The highest BCUT2D eigenvalue weighted by atomic mass is 35.5. The molecule has 0 aliphatic heterocycles. The number of benzene rings is 2. The number of anilines is 1. The third-order valence-electron chi connectivity index (χ3n) is 2.48. The van der Waals surface area contributed by atoms with Crippen LogP contribution in [0.25, 0.3) is 0 Å². The molecule has 0 spiro atoms. The maximum atomic E-state index is 13.5. The maximum Gasteiger partial charge on any atom is 0.255 e. The molecule has 0 aromatic heterocycles. The number of carbonyl (C=O) groups is 1. The number of nitriles is 1. The quantitative estimate of drug-likeness (QED) is 0.909. The summed E-state index contributed by atoms with van der Waals surface area (Å²) in [6.07, 6.45) is 0. The minimum atomic E-state index is -0.602. The van der Waals surface area contributed by atoms with Gasteiger partial charge in [-0.05, 0) is 36.4 Å². The molecule has 19 heavy (non-hydrogen) atoms. The summed E-state index contributed by atoms with van der Waals surface area (Å²) < 4.78 is 13.5. The Balaban J connectivity index is 2.23. The molecule has 0 aliphatic rings. The highest BCUT2D eigenvalue weighted by Gasteiger charge is 2.12. The third kappa shape index (κ3) is 2.90. The second kappa shape index (κ2) is 5.51. The Morgan fingerprint density at radius 1 is 1.21 bits per heavy atom. The fourth-order valence-electron chi connectivity index (χ4n) is 1.50. The van der Waals surface area contributed by atoms with Crippen molar-refractivity contribution < 1.29 is 9.18 Å². The fourth-order valence-corrected chi connectivity index (χ4v) is 1.71. The lowest BCUT2D eigenvalue weighted by atomic mass is 10.1. The van der Waals surface area contributed by atoms with Crippen LogP contribution in [0.1, 0.15) is 15.9 Å². The fraction of sp³-hybridized carbons (Fsp3) is 0. The van der Waals surface area contributed by atoms with Crippen molar-refractivity contribution in [1.82, 2.24) is 0 Å². The van der Waals surface area contributed by atoms with E-state index in [1.54, 1.807) is 0 Å². The number of hydrogen-bond acceptors (Lipinski definition) is 2. The van der Waals surface area contributed by atoms with Crippen LogP contribution in [0.4, 0.5) is 10.1 Å². The van der Waals surface area contributed by atoms with E-state index in [0.29, 0.717) is 11.1 Å². The number of nitrogens with zero attached hydrogens (tertiary/aromatic N) is 1. The van der Waals surface area contributed by atoms with Crippen LogP contribution in [-0.2, 0) is 0 Å². The summed E-state index contributed by atoms with van der Waals surface area (Å²) in [6.45, 7) is 0. The zero-order valence-corrected chi connectivity index (χ0v) is 10.4. The van der Waals surface area contributed by atoms with Gasteiger partial charge < -0.3 is 5.32 Å². The Morgan fingerprint density at radius 3 is 2.47 bits per heavy atom. The first-order valence-electron chi connectivity index (χ1n) is 5.37. The Bertz CT molecular complexity index is 642. The molecule has 2 aromatic carbocycles. The second-order valence-corrected chi connectivity index (χ2v) is 4.15. The minimum Gasteiger partial charge on any atom is -0.318 e. The van der Waals surface area contributed by atoms with Crippen molar-refractivity contribution in [2.75, 3.05) is 5.32 Å². The molecule has 0 saturated carbocycles. The molecule has 0 atom stereocenters. The van der Waals surface area contributed by atoms with Gasteiger partial charge in [0.25, 0.3) is 5.91 Å². The first kappa shape index (κ1) is 13.1. The average Bonchev–Trinajstić information content (AvgIpc) is 2.43. The van der Waals surface area contributed by atoms with Crippen molar-refractivity contribution in [1.29, 1.82) is 5.26 Å². The topological polar surface area (TPSA) is 52.9 Å². The molecule has 0 aliphatic carbocycles. The number of halogens is 2. The summed E-state index contributed by atoms with van der Waals surface area (Å²) in [4.78, 5) is 11.9. The van der Waals surface area contributed by atoms with E-state index in [9.17, 15) is 9.18 Å². The zero-order valence-electron chi connectivity index (χ0n) is 9.65. The van der Waals surface area contributed by atoms with E-state index in [1.165, 1.54) is 42.5 Å². The van der Waals surface area contributed by atoms with Gasteiger partial charge in [-0.3, -0.25) is 4.79 Å². The van der Waals surface area contributed by atoms with Crippen LogP contribution in [0.5, 0.6) is 0 Å². The zero-order chi connectivity index (χ0) is 13.8. The molecular weight excluding hydrogens is 267 g/mol. The van der Waals surface area contributed by atoms with Crippen LogP contribution in [-0.4, -0.2) is 5.91 Å². The van der Waals surface area contributed by atoms with E-state index < -0.39 is 11.7 Å². The summed E-state index contributed by atoms with van der Waals surface area (Å²) in [5.41, 5.74) is 0.706. The molecule has 1 N–H and O–H groups in total. The molecule has 0 fully saturated rings. The summed E-state index contributed by atoms with van der Waals surface area (Å²) in [7, 11) is 0. The first-order chi connectivity index (χ1) is 9.11. The number of carbonyl (C=O) groups excluding carboxylic acids is 1. The van der Waals surface area contributed by atoms with E-state index >= 15 is 0 Å². The minimum absolute atomic E-state index is 0.0569. The van der Waals surface area contributed by atoms with Gasteiger partial charge in [-0.2, -0.15) is 5.26 Å². The van der Waals surface area contributed by atoms with Crippen LogP contribution >= 0.6 is 11.6 Å². The van der Waals surface area contributed by atoms with Crippen LogP contribution in [0.15, 0.2) is 42.5 Å². The van der Waals surface area contributed by atoms with Gasteiger partial charge in [-0.15, -0.1) is 0 Å². The largest absolute Gasteiger partial charge is 0.318 e. The van der Waals surface area contributed by atoms with E-state index in [4.69, 9.17) is 16.9 Å². The van der Waals surface area contributed by atoms with Gasteiger partial charge in [0, 0.05) is 5.56 Å². The van der Waals surface area contributed by atoms with Crippen molar-refractivity contribution in [2.45, 2.75) is 0 Å². The van der Waals surface area contributed by atoms with Gasteiger partial charge in [0.2, 0.25) is 0 Å². The first-order valence-corrected chi connectivity index (χ1v) is 5.75. The summed E-state index contributed by atoms with van der Waals surface area (Å²) in [5.74, 6) is -1.09. The molecule has 5 heteroatoms. The predicted molar refractivity (Wildman–Crippen MR) is 70.5 cm³/mol. The van der Waals surface area contributed by atoms with E-state index in [2.05, 4.69) is 5.32 Å². The van der Waals surface area contributed by atoms with Crippen molar-refractivity contribution >= 4 is 23.2 Å². The third-order valence-corrected chi connectivity index (χ3v) is 2.79. The molecule has 0 bridgehead atoms. The lowest BCUT2D eigenvalue weighted by molar-refractivity contribution is 0.102. The Morgan fingerprint density at radius 2 is 1.89 bits per heavy atom. The van der Waals surface area contributed by atoms with Gasteiger partial charge >= 0.3 is 0 Å². The van der Waals surface area contributed by atoms with Crippen LogP contribution in [0.3, 0.4) is 0 Å². The molecule has 0 unspecified atom stereocenters. The number of rotatable bonds is 2. The smallest absolute Gasteiger partial charge is 0.255 e. The van der Waals surface area contributed by atoms with Gasteiger partial charge in [-0.1, -0.05) is 17.7 Å². The summed E-state index contributed by atoms with van der Waals surface area (Å²) in [6, 6.07) is 12.1. The normalized spacial score (nSPS) is 9.74. The molecular formula is C14H8ClFN2O. The molecule has 0 radical (unpaired) electrons. The Kier molecular flexibility index (Phi) is 3.79. The summed E-state index contributed by atoms with van der Waals surface area (Å²) >= 11 is 5.81. The lowest BCUT2D eigenvalue weighted by Gasteiger charge is -2.08. The van der Waals surface area contributed by atoms with Crippen molar-refractivity contribution in [3.8, 4) is 6.07 Å². The van der Waals surface area contributed by atoms with Crippen molar-refractivity contribution in [2.24, 2.45) is 0 Å². The lowest BCUT2D eigenvalue weighted by Crippen LogP contribution is -2.13. The van der Waals surface area contributed by atoms with E-state index in [1.807, 2.05) is 6.07 Å². The molecule has 0 saturated heterocycles. The number of amides is 1. The van der Waals surface area contributed by atoms with Gasteiger partial charge in [0.1, 0.15) is 5.82 Å². The molecule has 1 amide bonds. The Hall–Kier alpha value is -2.38. The molecule has 0 heterocycles. The number of para-hydroxylation sites is 1. The van der Waals surface area contributed by atoms with E-state index in [-0.39, 0.29) is 10.7 Å². The molecule has 2 rings (SSSR count). The summed E-state index contributed by atoms with van der Waals surface area (Å²) in [5, 5.41) is 11.2. The molecule has 94 valence electrons. The monoisotopic (exact) mass is 274 g/mol. The van der Waals surface area contributed by atoms with Gasteiger partial charge in [0.05, 0.1) is 22.3 Å². The molecule has 3 nitrogen and oxygen atoms in total. The predicted octanol–water partition coefficient (Wildman–Crippen LogP) is 3.60. The average molecular weight is 275 g/mol. The SMILES string of the molecule is N#Cc1ccc(C(=O)Nc2c(F)cccc2Cl)cc1. The maximum absolute atomic E-state index is 13.5. The van der Waals surface area contributed by atoms with Gasteiger partial charge in [-0.25, -0.2) is 4.39 Å². The number of hydrogen-bond donors (Lipinski definition) is 1. The molecule has 2 aromatic rings. The van der Waals surface area contributed by atoms with Crippen molar-refractivity contribution in [3.05, 3.63) is 64.4 Å². The second-order valence-electron chi connectivity index (χ2n) is 3.74. The van der Waals surface area contributed by atoms with E-state index in [0.717, 1.165) is 0 Å². The van der Waals surface area contributed by atoms with Crippen molar-refractivity contribution in [3.63, 3.8) is 0 Å². The van der Waals surface area contributed by atoms with Gasteiger partial charge in [0.15, 0.2) is 0 Å². The van der Waals surface area contributed by atoms with Crippen LogP contribution in [0, 0.1) is 17.1 Å². The standard InChI is InChI=1S/C14H8ClFN2O/c15-11-2-1-3-12(16)13(11)18-14(19)10-6-4-9(8-17)5-7-10/h1-7H,(H,18,19). The number of nitrogens with one attached hydrogen (secondary N) is 1.